The van der Waals surface area contributed by atoms with E-state index in [0.29, 0.717) is 23.0 Å². The van der Waals surface area contributed by atoms with Crippen LogP contribution in [0.5, 0.6) is 0 Å². The van der Waals surface area contributed by atoms with Crippen molar-refractivity contribution in [2.45, 2.75) is 13.0 Å². The van der Waals surface area contributed by atoms with Crippen LogP contribution in [0, 0.1) is 5.82 Å². The minimum absolute atomic E-state index is 0.110. The molecular formula is C15H16FN3O2S. The molecule has 1 heterocycles. The zero-order chi connectivity index (χ0) is 15.9. The fraction of sp³-hybridized carbons (Fsp3) is 0.267. The summed E-state index contributed by atoms with van der Waals surface area (Å²) in [5.41, 5.74) is 0.650. The number of amides is 1. The Bertz CT molecular complexity index is 642. The maximum absolute atomic E-state index is 12.9. The summed E-state index contributed by atoms with van der Waals surface area (Å²) in [5, 5.41) is 6.62. The zero-order valence-electron chi connectivity index (χ0n) is 12.1. The Morgan fingerprint density at radius 3 is 2.91 bits per heavy atom. The van der Waals surface area contributed by atoms with Gasteiger partial charge in [0.2, 0.25) is 17.6 Å². The third-order valence-electron chi connectivity index (χ3n) is 2.76. The maximum atomic E-state index is 12.9. The zero-order valence-corrected chi connectivity index (χ0v) is 12.9. The van der Waals surface area contributed by atoms with E-state index in [1.807, 2.05) is 0 Å². The molecule has 2 aromatic rings. The number of nitrogens with zero attached hydrogens (tertiary/aromatic N) is 2. The van der Waals surface area contributed by atoms with Gasteiger partial charge in [-0.1, -0.05) is 11.2 Å². The second kappa shape index (κ2) is 7.74. The fourth-order valence-electron chi connectivity index (χ4n) is 1.71. The molecule has 0 fully saturated rings. The number of thioether (sulfide) groups is 1. The van der Waals surface area contributed by atoms with Gasteiger partial charge in [-0.05, 0) is 31.2 Å². The third kappa shape index (κ3) is 4.42. The van der Waals surface area contributed by atoms with E-state index >= 15 is 0 Å². The van der Waals surface area contributed by atoms with Gasteiger partial charge in [-0.25, -0.2) is 4.39 Å². The van der Waals surface area contributed by atoms with Crippen LogP contribution >= 0.6 is 11.8 Å². The molecule has 0 bridgehead atoms. The van der Waals surface area contributed by atoms with Crippen molar-refractivity contribution in [1.29, 1.82) is 0 Å². The summed E-state index contributed by atoms with van der Waals surface area (Å²) in [7, 11) is 0. The first-order chi connectivity index (χ1) is 10.6. The Morgan fingerprint density at radius 2 is 2.23 bits per heavy atom. The summed E-state index contributed by atoms with van der Waals surface area (Å²) in [5.74, 6) is 1.29. The van der Waals surface area contributed by atoms with Gasteiger partial charge >= 0.3 is 0 Å². The van der Waals surface area contributed by atoms with Crippen LogP contribution in [0.25, 0.3) is 11.4 Å². The first-order valence-corrected chi connectivity index (χ1v) is 7.83. The lowest BCUT2D eigenvalue weighted by Gasteiger charge is -2.08. The third-order valence-corrected chi connectivity index (χ3v) is 3.70. The summed E-state index contributed by atoms with van der Waals surface area (Å²) in [6.07, 6.45) is 1.74. The lowest BCUT2D eigenvalue weighted by Crippen LogP contribution is -2.28. The van der Waals surface area contributed by atoms with Crippen LogP contribution in [0.2, 0.25) is 0 Å². The highest BCUT2D eigenvalue weighted by molar-refractivity contribution is 8.00. The highest BCUT2D eigenvalue weighted by Crippen LogP contribution is 2.19. The topological polar surface area (TPSA) is 68.0 Å². The molecule has 5 nitrogen and oxygen atoms in total. The Balaban J connectivity index is 1.96. The van der Waals surface area contributed by atoms with Crippen molar-refractivity contribution >= 4 is 17.7 Å². The number of aromatic nitrogens is 2. The van der Waals surface area contributed by atoms with Crippen LogP contribution < -0.4 is 5.32 Å². The predicted octanol–water partition coefficient (Wildman–Crippen LogP) is 2.97. The standard InChI is InChI=1S/C15H16FN3O2S/c1-3-8-22-9-13(20)17-10(2)15-18-14(19-21-15)11-4-6-12(16)7-5-11/h3-7,10H,1,8-9H2,2H3,(H,17,20)/t10-/m0/s1. The van der Waals surface area contributed by atoms with Crippen LogP contribution in [0.15, 0.2) is 41.4 Å². The molecule has 0 saturated heterocycles. The molecule has 0 aliphatic carbocycles. The number of carbonyl (C=O) groups is 1. The first-order valence-electron chi connectivity index (χ1n) is 6.67. The lowest BCUT2D eigenvalue weighted by molar-refractivity contribution is -0.119. The highest BCUT2D eigenvalue weighted by Gasteiger charge is 2.17. The number of benzene rings is 1. The molecule has 1 N–H and O–H groups in total. The van der Waals surface area contributed by atoms with E-state index in [9.17, 15) is 9.18 Å². The molecule has 0 unspecified atom stereocenters. The second-order valence-electron chi connectivity index (χ2n) is 4.56. The molecule has 0 aliphatic rings. The van der Waals surface area contributed by atoms with E-state index < -0.39 is 6.04 Å². The molecule has 22 heavy (non-hydrogen) atoms. The number of rotatable bonds is 7. The van der Waals surface area contributed by atoms with Gasteiger partial charge in [0.1, 0.15) is 11.9 Å². The van der Waals surface area contributed by atoms with Crippen molar-refractivity contribution in [2.24, 2.45) is 0 Å². The molecule has 0 radical (unpaired) electrons. The van der Waals surface area contributed by atoms with Crippen LogP contribution in [-0.4, -0.2) is 27.6 Å². The van der Waals surface area contributed by atoms with Gasteiger partial charge < -0.3 is 9.84 Å². The summed E-state index contributed by atoms with van der Waals surface area (Å²) < 4.78 is 18.0. The molecule has 0 aliphatic heterocycles. The van der Waals surface area contributed by atoms with E-state index in [1.165, 1.54) is 23.9 Å². The number of hydrogen-bond donors (Lipinski definition) is 1. The van der Waals surface area contributed by atoms with Gasteiger partial charge in [-0.3, -0.25) is 4.79 Å². The number of carbonyl (C=O) groups excluding carboxylic acids is 1. The van der Waals surface area contributed by atoms with E-state index in [-0.39, 0.29) is 11.7 Å². The lowest BCUT2D eigenvalue weighted by atomic mass is 10.2. The van der Waals surface area contributed by atoms with Crippen LogP contribution in [-0.2, 0) is 4.79 Å². The highest BCUT2D eigenvalue weighted by atomic mass is 32.2. The number of hydrogen-bond acceptors (Lipinski definition) is 5. The van der Waals surface area contributed by atoms with Crippen LogP contribution in [0.3, 0.4) is 0 Å². The van der Waals surface area contributed by atoms with Crippen molar-refractivity contribution in [1.82, 2.24) is 15.5 Å². The van der Waals surface area contributed by atoms with Gasteiger partial charge in [0.05, 0.1) is 5.75 Å². The Kier molecular flexibility index (Phi) is 5.71. The normalized spacial score (nSPS) is 11.9. The average Bonchev–Trinajstić information content (AvgIpc) is 2.98. The van der Waals surface area contributed by atoms with Gasteiger partial charge in [-0.2, -0.15) is 4.98 Å². The Labute approximate surface area is 132 Å². The predicted molar refractivity (Wildman–Crippen MR) is 83.8 cm³/mol. The monoisotopic (exact) mass is 321 g/mol. The quantitative estimate of drug-likeness (QED) is 0.627. The molecule has 1 aromatic carbocycles. The summed E-state index contributed by atoms with van der Waals surface area (Å²) in [6.45, 7) is 5.36. The van der Waals surface area contributed by atoms with Crippen molar-refractivity contribution in [3.05, 3.63) is 48.6 Å². The molecule has 2 rings (SSSR count). The van der Waals surface area contributed by atoms with Crippen molar-refractivity contribution in [3.8, 4) is 11.4 Å². The molecule has 1 aromatic heterocycles. The first kappa shape index (κ1) is 16.2. The van der Waals surface area contributed by atoms with Gasteiger partial charge in [0.25, 0.3) is 0 Å². The Morgan fingerprint density at radius 1 is 1.50 bits per heavy atom. The number of nitrogens with one attached hydrogen (secondary N) is 1. The van der Waals surface area contributed by atoms with Crippen molar-refractivity contribution in [2.75, 3.05) is 11.5 Å². The summed E-state index contributed by atoms with van der Waals surface area (Å²) >= 11 is 1.47. The molecule has 1 amide bonds. The SMILES string of the molecule is C=CCSCC(=O)N[C@@H](C)c1nc(-c2ccc(F)cc2)no1. The van der Waals surface area contributed by atoms with E-state index in [4.69, 9.17) is 4.52 Å². The smallest absolute Gasteiger partial charge is 0.249 e. The minimum Gasteiger partial charge on any atom is -0.344 e. The van der Waals surface area contributed by atoms with Gasteiger partial charge in [-0.15, -0.1) is 18.3 Å². The average molecular weight is 321 g/mol. The molecular weight excluding hydrogens is 305 g/mol. The Hall–Kier alpha value is -2.15. The number of halogens is 1. The van der Waals surface area contributed by atoms with Crippen LogP contribution in [0.4, 0.5) is 4.39 Å². The maximum Gasteiger partial charge on any atom is 0.249 e. The largest absolute Gasteiger partial charge is 0.344 e. The van der Waals surface area contributed by atoms with Crippen molar-refractivity contribution in [3.63, 3.8) is 0 Å². The summed E-state index contributed by atoms with van der Waals surface area (Å²) in [6, 6.07) is 5.40. The molecule has 0 saturated carbocycles. The summed E-state index contributed by atoms with van der Waals surface area (Å²) in [4.78, 5) is 15.9. The van der Waals surface area contributed by atoms with E-state index in [2.05, 4.69) is 22.0 Å². The fourth-order valence-corrected chi connectivity index (χ4v) is 2.26. The van der Waals surface area contributed by atoms with Crippen LogP contribution in [0.1, 0.15) is 18.9 Å². The minimum atomic E-state index is -0.390. The van der Waals surface area contributed by atoms with E-state index in [0.717, 1.165) is 5.75 Å². The molecule has 116 valence electrons. The second-order valence-corrected chi connectivity index (χ2v) is 5.59. The van der Waals surface area contributed by atoms with Crippen molar-refractivity contribution < 1.29 is 13.7 Å². The molecule has 0 spiro atoms. The van der Waals surface area contributed by atoms with Gasteiger partial charge in [0, 0.05) is 11.3 Å². The molecule has 7 heteroatoms. The molecule has 1 atom stereocenters. The van der Waals surface area contributed by atoms with E-state index in [1.54, 1.807) is 25.1 Å². The van der Waals surface area contributed by atoms with Gasteiger partial charge in [0.15, 0.2) is 0 Å².